The van der Waals surface area contributed by atoms with Crippen LogP contribution in [0.15, 0.2) is 54.6 Å². The van der Waals surface area contributed by atoms with E-state index in [1.807, 2.05) is 57.2 Å². The Labute approximate surface area is 172 Å². The number of rotatable bonds is 6. The van der Waals surface area contributed by atoms with Crippen molar-refractivity contribution in [3.63, 3.8) is 0 Å². The van der Waals surface area contributed by atoms with Gasteiger partial charge in [0.05, 0.1) is 0 Å². The third kappa shape index (κ3) is 6.18. The highest BCUT2D eigenvalue weighted by atomic mass is 19.1. The maximum atomic E-state index is 14.5. The SMILES string of the molecule is CC(C)(C)OC(=O)CC1CC=C(c2cccc(F)c2OCc2ccccc2)CC1. The molecule has 0 aliphatic heterocycles. The van der Waals surface area contributed by atoms with E-state index in [0.717, 1.165) is 36.0 Å². The van der Waals surface area contributed by atoms with Gasteiger partial charge in [-0.05, 0) is 63.2 Å². The second-order valence-electron chi connectivity index (χ2n) is 8.55. The molecule has 4 heteroatoms. The first-order chi connectivity index (χ1) is 13.8. The fraction of sp³-hybridized carbons (Fsp3) is 0.400. The van der Waals surface area contributed by atoms with Crippen molar-refractivity contribution in [1.29, 1.82) is 0 Å². The van der Waals surface area contributed by atoms with Gasteiger partial charge in [0, 0.05) is 12.0 Å². The summed E-state index contributed by atoms with van der Waals surface area (Å²) in [6.07, 6.45) is 4.98. The van der Waals surface area contributed by atoms with Crippen molar-refractivity contribution in [3.8, 4) is 5.75 Å². The number of esters is 1. The van der Waals surface area contributed by atoms with E-state index in [1.54, 1.807) is 6.07 Å². The molecule has 1 unspecified atom stereocenters. The van der Waals surface area contributed by atoms with Gasteiger partial charge in [-0.2, -0.15) is 0 Å². The van der Waals surface area contributed by atoms with E-state index in [1.165, 1.54) is 6.07 Å². The Balaban J connectivity index is 1.67. The van der Waals surface area contributed by atoms with Gasteiger partial charge >= 0.3 is 5.97 Å². The number of hydrogen-bond donors (Lipinski definition) is 0. The Kier molecular flexibility index (Phi) is 6.73. The predicted molar refractivity (Wildman–Crippen MR) is 113 cm³/mol. The first-order valence-corrected chi connectivity index (χ1v) is 10.2. The molecule has 3 nitrogen and oxygen atoms in total. The van der Waals surface area contributed by atoms with Gasteiger partial charge in [0.1, 0.15) is 12.2 Å². The lowest BCUT2D eigenvalue weighted by Gasteiger charge is -2.25. The molecule has 0 bridgehead atoms. The number of benzene rings is 2. The van der Waals surface area contributed by atoms with Gasteiger partial charge in [-0.15, -0.1) is 0 Å². The Hall–Kier alpha value is -2.62. The summed E-state index contributed by atoms with van der Waals surface area (Å²) < 4.78 is 25.8. The van der Waals surface area contributed by atoms with Crippen molar-refractivity contribution < 1.29 is 18.7 Å². The normalized spacial score (nSPS) is 16.8. The number of carbonyl (C=O) groups is 1. The molecular formula is C25H29FO3. The summed E-state index contributed by atoms with van der Waals surface area (Å²) in [6, 6.07) is 14.8. The molecule has 0 spiro atoms. The monoisotopic (exact) mass is 396 g/mol. The Morgan fingerprint density at radius 3 is 2.52 bits per heavy atom. The van der Waals surface area contributed by atoms with Gasteiger partial charge in [-0.25, -0.2) is 4.39 Å². The maximum Gasteiger partial charge on any atom is 0.306 e. The van der Waals surface area contributed by atoms with E-state index < -0.39 is 5.60 Å². The van der Waals surface area contributed by atoms with Crippen LogP contribution in [0.25, 0.3) is 5.57 Å². The van der Waals surface area contributed by atoms with Crippen LogP contribution in [0.3, 0.4) is 0 Å². The number of halogens is 1. The molecule has 29 heavy (non-hydrogen) atoms. The minimum atomic E-state index is -0.459. The van der Waals surface area contributed by atoms with Gasteiger partial charge in [0.15, 0.2) is 11.6 Å². The van der Waals surface area contributed by atoms with Crippen molar-refractivity contribution >= 4 is 11.5 Å². The van der Waals surface area contributed by atoms with Gasteiger partial charge < -0.3 is 9.47 Å². The largest absolute Gasteiger partial charge is 0.485 e. The number of ether oxygens (including phenoxy) is 2. The lowest BCUT2D eigenvalue weighted by atomic mass is 9.84. The van der Waals surface area contributed by atoms with Crippen molar-refractivity contribution in [2.24, 2.45) is 5.92 Å². The number of allylic oxidation sites excluding steroid dienone is 2. The van der Waals surface area contributed by atoms with Crippen molar-refractivity contribution in [1.82, 2.24) is 0 Å². The maximum absolute atomic E-state index is 14.5. The molecule has 1 atom stereocenters. The molecule has 0 heterocycles. The average molecular weight is 397 g/mol. The Morgan fingerprint density at radius 1 is 1.10 bits per heavy atom. The zero-order valence-electron chi connectivity index (χ0n) is 17.4. The minimum Gasteiger partial charge on any atom is -0.485 e. The van der Waals surface area contributed by atoms with Crippen LogP contribution in [-0.2, 0) is 16.1 Å². The molecule has 0 saturated carbocycles. The molecular weight excluding hydrogens is 367 g/mol. The summed E-state index contributed by atoms with van der Waals surface area (Å²) in [5.74, 6) is 0.0521. The summed E-state index contributed by atoms with van der Waals surface area (Å²) >= 11 is 0. The lowest BCUT2D eigenvalue weighted by molar-refractivity contribution is -0.156. The molecule has 2 aromatic rings. The summed E-state index contributed by atoms with van der Waals surface area (Å²) in [5, 5.41) is 0. The Morgan fingerprint density at radius 2 is 1.86 bits per heavy atom. The summed E-state index contributed by atoms with van der Waals surface area (Å²) in [4.78, 5) is 12.1. The van der Waals surface area contributed by atoms with Gasteiger partial charge in [-0.1, -0.05) is 48.5 Å². The molecule has 0 amide bonds. The lowest BCUT2D eigenvalue weighted by Crippen LogP contribution is -2.25. The molecule has 0 saturated heterocycles. The van der Waals surface area contributed by atoms with Crippen LogP contribution in [0.4, 0.5) is 4.39 Å². The second-order valence-corrected chi connectivity index (χ2v) is 8.55. The average Bonchev–Trinajstić information content (AvgIpc) is 2.67. The second kappa shape index (κ2) is 9.25. The van der Waals surface area contributed by atoms with E-state index >= 15 is 0 Å². The molecule has 0 N–H and O–H groups in total. The van der Waals surface area contributed by atoms with E-state index in [9.17, 15) is 9.18 Å². The highest BCUT2D eigenvalue weighted by Gasteiger charge is 2.24. The van der Waals surface area contributed by atoms with Crippen LogP contribution in [0.2, 0.25) is 0 Å². The summed E-state index contributed by atoms with van der Waals surface area (Å²) in [7, 11) is 0. The third-order valence-electron chi connectivity index (χ3n) is 4.93. The van der Waals surface area contributed by atoms with Crippen LogP contribution in [0.1, 0.15) is 57.6 Å². The number of hydrogen-bond acceptors (Lipinski definition) is 3. The fourth-order valence-electron chi connectivity index (χ4n) is 3.58. The van der Waals surface area contributed by atoms with Crippen LogP contribution in [0.5, 0.6) is 5.75 Å². The first kappa shape index (κ1) is 21.1. The van der Waals surface area contributed by atoms with Gasteiger partial charge in [-0.3, -0.25) is 4.79 Å². The standard InChI is InChI=1S/C25H29FO3/c1-25(2,3)29-23(27)16-18-12-14-20(15-13-18)21-10-7-11-22(26)24(21)28-17-19-8-5-4-6-9-19/h4-11,14,18H,12-13,15-17H2,1-3H3. The molecule has 1 aliphatic carbocycles. The fourth-order valence-corrected chi connectivity index (χ4v) is 3.58. The zero-order valence-corrected chi connectivity index (χ0v) is 17.4. The molecule has 1 aliphatic rings. The summed E-state index contributed by atoms with van der Waals surface area (Å²) in [6.45, 7) is 5.96. The number of para-hydroxylation sites is 1. The van der Waals surface area contributed by atoms with Gasteiger partial charge in [0.25, 0.3) is 0 Å². The van der Waals surface area contributed by atoms with E-state index in [2.05, 4.69) is 6.08 Å². The van der Waals surface area contributed by atoms with Crippen molar-refractivity contribution in [3.05, 3.63) is 71.6 Å². The molecule has 0 aromatic heterocycles. The molecule has 0 fully saturated rings. The van der Waals surface area contributed by atoms with E-state index in [4.69, 9.17) is 9.47 Å². The van der Waals surface area contributed by atoms with Crippen LogP contribution in [-0.4, -0.2) is 11.6 Å². The molecule has 0 radical (unpaired) electrons. The van der Waals surface area contributed by atoms with E-state index in [-0.39, 0.29) is 17.7 Å². The highest BCUT2D eigenvalue weighted by Crippen LogP contribution is 2.37. The van der Waals surface area contributed by atoms with Crippen molar-refractivity contribution in [2.45, 2.75) is 58.7 Å². The highest BCUT2D eigenvalue weighted by molar-refractivity contribution is 5.73. The molecule has 2 aromatic carbocycles. The number of carbonyl (C=O) groups excluding carboxylic acids is 1. The minimum absolute atomic E-state index is 0.156. The topological polar surface area (TPSA) is 35.5 Å². The van der Waals surface area contributed by atoms with E-state index in [0.29, 0.717) is 18.8 Å². The smallest absolute Gasteiger partial charge is 0.306 e. The van der Waals surface area contributed by atoms with Gasteiger partial charge in [0.2, 0.25) is 0 Å². The zero-order chi connectivity index (χ0) is 20.9. The Bertz CT molecular complexity index is 865. The van der Waals surface area contributed by atoms with Crippen LogP contribution < -0.4 is 4.74 Å². The molecule has 154 valence electrons. The van der Waals surface area contributed by atoms with Crippen LogP contribution >= 0.6 is 0 Å². The van der Waals surface area contributed by atoms with Crippen LogP contribution in [0, 0.1) is 11.7 Å². The quantitative estimate of drug-likeness (QED) is 0.536. The third-order valence-corrected chi connectivity index (χ3v) is 4.93. The van der Waals surface area contributed by atoms with Crippen molar-refractivity contribution in [2.75, 3.05) is 0 Å². The predicted octanol–water partition coefficient (Wildman–Crippen LogP) is 6.32. The summed E-state index contributed by atoms with van der Waals surface area (Å²) in [5.41, 5.74) is 2.42. The molecule has 3 rings (SSSR count). The first-order valence-electron chi connectivity index (χ1n) is 10.2.